The van der Waals surface area contributed by atoms with Crippen LogP contribution in [0.1, 0.15) is 0 Å². The molecule has 1 N–H and O–H groups in total. The van der Waals surface area contributed by atoms with Crippen molar-refractivity contribution < 1.29 is 21.3 Å². The number of aromatic nitrogens is 3. The molecule has 58 valence electrons. The van der Waals surface area contributed by atoms with E-state index in [1.807, 2.05) is 0 Å². The van der Waals surface area contributed by atoms with E-state index in [9.17, 15) is 9.59 Å². The Morgan fingerprint density at radius 2 is 2.27 bits per heavy atom. The Labute approximate surface area is 81.1 Å². The topological polar surface area (TPSA) is 67.8 Å². The van der Waals surface area contributed by atoms with Crippen molar-refractivity contribution in [1.82, 2.24) is 13.0 Å². The van der Waals surface area contributed by atoms with Gasteiger partial charge in [0.1, 0.15) is 0 Å². The Balaban J connectivity index is 3.55. The molecule has 5 nitrogen and oxygen atoms in total. The summed E-state index contributed by atoms with van der Waals surface area (Å²) in [4.78, 5) is 21.8. The minimum atomic E-state index is -1.06. The first-order valence-electron chi connectivity index (χ1n) is 2.38. The molecular weight excluding hydrogens is 328 g/mol. The number of nitrogens with one attached hydrogen (secondary N) is 1. The van der Waals surface area contributed by atoms with Crippen LogP contribution in [0.15, 0.2) is 14.2 Å². The molecule has 0 bridgehead atoms. The predicted molar refractivity (Wildman–Crippen MR) is 38.0 cm³/mol. The maximum atomic E-state index is 11.0. The molecule has 1 rings (SSSR count). The van der Waals surface area contributed by atoms with Crippen LogP contribution in [0.4, 0.5) is 0 Å². The van der Waals surface area contributed by atoms with Crippen LogP contribution in [0.2, 0.25) is 0 Å². The third-order valence-electron chi connectivity index (χ3n) is 0.880. The van der Waals surface area contributed by atoms with Crippen molar-refractivity contribution in [3.63, 3.8) is 0 Å². The van der Waals surface area contributed by atoms with Crippen molar-refractivity contribution in [2.24, 2.45) is 0 Å². The number of aromatic amines is 1. The molecule has 0 aliphatic rings. The van der Waals surface area contributed by atoms with Crippen LogP contribution < -0.4 is 32.5 Å². The molecule has 1 aromatic heterocycles. The molecule has 0 aliphatic carbocycles. The van der Waals surface area contributed by atoms with E-state index in [0.29, 0.717) is 0 Å². The van der Waals surface area contributed by atoms with Gasteiger partial charge in [0.25, 0.3) is 0 Å². The fraction of sp³-hybridized carbons (Fsp3) is 0. The van der Waals surface area contributed by atoms with Crippen molar-refractivity contribution in [3.8, 4) is 0 Å². The van der Waals surface area contributed by atoms with Gasteiger partial charge in [0.05, 0.1) is 0 Å². The first kappa shape index (κ1) is 8.98. The van der Waals surface area contributed by atoms with E-state index >= 15 is 0 Å². The summed E-state index contributed by atoms with van der Waals surface area (Å²) in [5.41, 5.74) is 4.18. The summed E-state index contributed by atoms with van der Waals surface area (Å²) in [6.07, 6.45) is 0. The number of H-pyrrole nitrogens is 1. The van der Waals surface area contributed by atoms with E-state index in [0.717, 1.165) is 2.78 Å². The Morgan fingerprint density at radius 1 is 1.64 bits per heavy atom. The molecule has 11 heavy (non-hydrogen) atoms. The van der Waals surface area contributed by atoms with E-state index in [1.54, 1.807) is 0 Å². The second kappa shape index (κ2) is 3.52. The zero-order valence-electron chi connectivity index (χ0n) is 5.04. The van der Waals surface area contributed by atoms with Gasteiger partial charge < -0.3 is 0 Å². The zero-order valence-corrected chi connectivity index (χ0v) is 8.79. The molecule has 0 saturated carbocycles. The number of hydrogen-bond donors (Lipinski definition) is 1. The van der Waals surface area contributed by atoms with Gasteiger partial charge in [-0.1, -0.05) is 0 Å². The molecule has 8 heteroatoms. The molecule has 0 aromatic carbocycles. The SMILES string of the molecule is [B][I-]n1c(=O)[nH]nc(Br)c1=O. The van der Waals surface area contributed by atoms with Crippen molar-refractivity contribution in [3.05, 3.63) is 25.4 Å². The molecule has 0 atom stereocenters. The van der Waals surface area contributed by atoms with Gasteiger partial charge in [0.15, 0.2) is 0 Å². The van der Waals surface area contributed by atoms with Crippen LogP contribution in [0, 0.1) is 0 Å². The average Bonchev–Trinajstić information content (AvgIpc) is 1.99. The van der Waals surface area contributed by atoms with Crippen molar-refractivity contribution in [2.45, 2.75) is 0 Å². The minimum absolute atomic E-state index is 0.0715. The molecule has 1 aromatic rings. The van der Waals surface area contributed by atoms with E-state index < -0.39 is 32.5 Å². The fourth-order valence-electron chi connectivity index (χ4n) is 0.450. The van der Waals surface area contributed by atoms with E-state index in [4.69, 9.17) is 5.70 Å². The van der Waals surface area contributed by atoms with Gasteiger partial charge in [-0.3, -0.25) is 0 Å². The summed E-state index contributed by atoms with van der Waals surface area (Å²) >= 11 is 1.81. The number of hydrogen-bond acceptors (Lipinski definition) is 3. The van der Waals surface area contributed by atoms with Crippen LogP contribution in [0.3, 0.4) is 0 Å². The van der Waals surface area contributed by atoms with Gasteiger partial charge in [-0.15, -0.1) is 0 Å². The second-order valence-corrected chi connectivity index (χ2v) is 3.78. The van der Waals surface area contributed by atoms with Gasteiger partial charge in [-0.05, 0) is 0 Å². The van der Waals surface area contributed by atoms with Gasteiger partial charge in [0, 0.05) is 0 Å². The molecule has 2 radical (unpaired) electrons. The molecule has 0 fully saturated rings. The maximum absolute atomic E-state index is 11.0. The molecule has 0 spiro atoms. The normalized spacial score (nSPS) is 10.3. The molecule has 0 amide bonds. The summed E-state index contributed by atoms with van der Waals surface area (Å²) in [5, 5.41) is 5.51. The van der Waals surface area contributed by atoms with Crippen molar-refractivity contribution in [2.75, 3.05) is 0 Å². The van der Waals surface area contributed by atoms with Crippen molar-refractivity contribution >= 4 is 21.6 Å². The molecule has 1 heterocycles. The van der Waals surface area contributed by atoms with Crippen molar-refractivity contribution in [1.29, 1.82) is 0 Å². The van der Waals surface area contributed by atoms with Gasteiger partial charge in [-0.25, -0.2) is 0 Å². The summed E-state index contributed by atoms with van der Waals surface area (Å²) < 4.78 is 1.01. The fourth-order valence-corrected chi connectivity index (χ4v) is 1.89. The van der Waals surface area contributed by atoms with Gasteiger partial charge in [0.2, 0.25) is 0 Å². The first-order valence-corrected chi connectivity index (χ1v) is 5.38. The number of rotatable bonds is 1. The second-order valence-electron chi connectivity index (χ2n) is 1.50. The quantitative estimate of drug-likeness (QED) is 0.418. The zero-order chi connectivity index (χ0) is 8.43. The summed E-state index contributed by atoms with van der Waals surface area (Å²) in [7, 11) is 0. The Morgan fingerprint density at radius 3 is 2.73 bits per heavy atom. The Bertz CT molecular complexity index is 374. The predicted octanol–water partition coefficient (Wildman–Crippen LogP) is -4.37. The summed E-state index contributed by atoms with van der Waals surface area (Å²) in [6, 6.07) is 0. The Kier molecular flexibility index (Phi) is 2.87. The Hall–Kier alpha value is -0.115. The van der Waals surface area contributed by atoms with Crippen LogP contribution in [0.5, 0.6) is 0 Å². The average molecular weight is 329 g/mol. The third kappa shape index (κ3) is 1.72. The van der Waals surface area contributed by atoms with Crippen LogP contribution in [0.25, 0.3) is 0 Å². The van der Waals surface area contributed by atoms with E-state index in [-0.39, 0.29) is 4.60 Å². The van der Waals surface area contributed by atoms with Crippen LogP contribution >= 0.6 is 15.9 Å². The molecule has 0 aliphatic heterocycles. The van der Waals surface area contributed by atoms with Crippen LogP contribution in [-0.2, 0) is 0 Å². The van der Waals surface area contributed by atoms with Gasteiger partial charge in [-0.2, -0.15) is 0 Å². The number of nitrogens with zero attached hydrogens (tertiary/aromatic N) is 2. The van der Waals surface area contributed by atoms with Gasteiger partial charge >= 0.3 is 81.3 Å². The number of halogens is 2. The van der Waals surface area contributed by atoms with E-state index in [1.165, 1.54) is 0 Å². The van der Waals surface area contributed by atoms with E-state index in [2.05, 4.69) is 26.1 Å². The van der Waals surface area contributed by atoms with Crippen LogP contribution in [-0.4, -0.2) is 18.7 Å². The molecule has 0 unspecified atom stereocenters. The molecular formula is C3HBBrIN3O2-. The summed E-state index contributed by atoms with van der Waals surface area (Å²) in [5.74, 6) is 0. The summed E-state index contributed by atoms with van der Waals surface area (Å²) in [6.45, 7) is 0. The molecule has 0 saturated heterocycles. The monoisotopic (exact) mass is 328 g/mol. The standard InChI is InChI=1S/C3HBBrIN3O2/c4-6-9-2(10)1(5)7-8-3(9)11/h(H,8,11)/q-1. The first-order chi connectivity index (χ1) is 5.16. The third-order valence-corrected chi connectivity index (χ3v) is 2.83.